The maximum Gasteiger partial charge on any atom is 0.258 e. The lowest BCUT2D eigenvalue weighted by molar-refractivity contribution is 0.0847. The number of alkyl halides is 2. The van der Waals surface area contributed by atoms with E-state index >= 15 is 0 Å². The van der Waals surface area contributed by atoms with E-state index in [0.717, 1.165) is 5.56 Å². The van der Waals surface area contributed by atoms with E-state index in [2.05, 4.69) is 0 Å². The summed E-state index contributed by atoms with van der Waals surface area (Å²) in [5, 5.41) is 0.648. The fourth-order valence-electron chi connectivity index (χ4n) is 1.45. The summed E-state index contributed by atoms with van der Waals surface area (Å²) < 4.78 is 25.8. The number of halogens is 3. The van der Waals surface area contributed by atoms with Crippen LogP contribution in [0.25, 0.3) is 6.08 Å². The predicted molar refractivity (Wildman–Crippen MR) is 58.2 cm³/mol. The molecule has 1 aromatic carbocycles. The zero-order valence-corrected chi connectivity index (χ0v) is 9.06. The Bertz CT molecular complexity index is 395. The predicted octanol–water partition coefficient (Wildman–Crippen LogP) is 4.40. The molecular weight excluding hydrogens is 218 g/mol. The normalized spacial score (nSPS) is 28.3. The van der Waals surface area contributed by atoms with Crippen molar-refractivity contribution in [3.8, 4) is 0 Å². The monoisotopic (exact) mass is 228 g/mol. The molecule has 1 unspecified atom stereocenters. The van der Waals surface area contributed by atoms with Crippen LogP contribution in [0.15, 0.2) is 30.3 Å². The largest absolute Gasteiger partial charge is 0.258 e. The Labute approximate surface area is 92.6 Å². The highest BCUT2D eigenvalue weighted by molar-refractivity contribution is 6.30. The van der Waals surface area contributed by atoms with Gasteiger partial charge in [0.1, 0.15) is 0 Å². The van der Waals surface area contributed by atoms with E-state index < -0.39 is 11.3 Å². The highest BCUT2D eigenvalue weighted by Crippen LogP contribution is 2.61. The quantitative estimate of drug-likeness (QED) is 0.704. The molecule has 2 rings (SSSR count). The van der Waals surface area contributed by atoms with Crippen molar-refractivity contribution < 1.29 is 8.78 Å². The minimum absolute atomic E-state index is 0.0515. The second-order valence-corrected chi connectivity index (χ2v) is 4.62. The van der Waals surface area contributed by atoms with Gasteiger partial charge in [-0.3, -0.25) is 0 Å². The van der Waals surface area contributed by atoms with E-state index in [0.29, 0.717) is 5.02 Å². The van der Waals surface area contributed by atoms with Crippen molar-refractivity contribution in [3.63, 3.8) is 0 Å². The van der Waals surface area contributed by atoms with Gasteiger partial charge in [0.2, 0.25) is 0 Å². The summed E-state index contributed by atoms with van der Waals surface area (Å²) in [5.74, 6) is -2.53. The molecule has 0 N–H and O–H groups in total. The highest BCUT2D eigenvalue weighted by Gasteiger charge is 2.66. The lowest BCUT2D eigenvalue weighted by atomic mass is 10.1. The molecule has 1 atom stereocenters. The third-order valence-corrected chi connectivity index (χ3v) is 3.07. The molecule has 80 valence electrons. The van der Waals surface area contributed by atoms with Gasteiger partial charge in [-0.1, -0.05) is 42.8 Å². The first kappa shape index (κ1) is 10.6. The van der Waals surface area contributed by atoms with Crippen LogP contribution in [0.3, 0.4) is 0 Å². The lowest BCUT2D eigenvalue weighted by Crippen LogP contribution is -2.01. The Balaban J connectivity index is 2.10. The third kappa shape index (κ3) is 2.05. The Morgan fingerprint density at radius 1 is 1.27 bits per heavy atom. The van der Waals surface area contributed by atoms with Gasteiger partial charge in [-0.15, -0.1) is 0 Å². The molecule has 1 saturated carbocycles. The molecular formula is C12H11ClF2. The van der Waals surface area contributed by atoms with Gasteiger partial charge in [0.05, 0.1) is 5.41 Å². The van der Waals surface area contributed by atoms with Gasteiger partial charge in [-0.2, -0.15) is 0 Å². The standard InChI is InChI=1S/C12H11ClF2/c1-11(8-12(11,14)15)7-6-9-2-4-10(13)5-3-9/h2-7H,8H2,1H3. The third-order valence-electron chi connectivity index (χ3n) is 2.81. The molecule has 0 bridgehead atoms. The summed E-state index contributed by atoms with van der Waals surface area (Å²) in [6, 6.07) is 7.11. The average molecular weight is 229 g/mol. The average Bonchev–Trinajstić information content (AvgIpc) is 2.66. The van der Waals surface area contributed by atoms with Gasteiger partial charge >= 0.3 is 0 Å². The molecule has 0 heterocycles. The molecule has 1 aromatic rings. The van der Waals surface area contributed by atoms with Gasteiger partial charge in [-0.05, 0) is 17.7 Å². The summed E-state index contributed by atoms with van der Waals surface area (Å²) in [4.78, 5) is 0. The smallest absolute Gasteiger partial charge is 0.206 e. The maximum atomic E-state index is 12.9. The van der Waals surface area contributed by atoms with Crippen LogP contribution in [-0.2, 0) is 0 Å². The zero-order chi connectivity index (χ0) is 11.1. The summed E-state index contributed by atoms with van der Waals surface area (Å²) in [6.07, 6.45) is 3.25. The van der Waals surface area contributed by atoms with E-state index in [1.165, 1.54) is 0 Å². The van der Waals surface area contributed by atoms with Gasteiger partial charge in [0.15, 0.2) is 0 Å². The molecule has 0 nitrogen and oxygen atoms in total. The Morgan fingerprint density at radius 3 is 2.27 bits per heavy atom. The lowest BCUT2D eigenvalue weighted by Gasteiger charge is -2.02. The van der Waals surface area contributed by atoms with Crippen LogP contribution in [-0.4, -0.2) is 5.92 Å². The molecule has 1 aliphatic rings. The van der Waals surface area contributed by atoms with Crippen molar-refractivity contribution in [3.05, 3.63) is 40.9 Å². The Morgan fingerprint density at radius 2 is 1.80 bits per heavy atom. The molecule has 0 amide bonds. The van der Waals surface area contributed by atoms with Gasteiger partial charge in [0, 0.05) is 11.4 Å². The van der Waals surface area contributed by atoms with E-state index in [-0.39, 0.29) is 6.42 Å². The van der Waals surface area contributed by atoms with Crippen LogP contribution in [0.5, 0.6) is 0 Å². The van der Waals surface area contributed by atoms with E-state index in [4.69, 9.17) is 11.6 Å². The molecule has 3 heteroatoms. The maximum absolute atomic E-state index is 12.9. The topological polar surface area (TPSA) is 0 Å². The summed E-state index contributed by atoms with van der Waals surface area (Å²) in [7, 11) is 0. The SMILES string of the molecule is CC1(C=Cc2ccc(Cl)cc2)CC1(F)F. The minimum Gasteiger partial charge on any atom is -0.206 e. The summed E-state index contributed by atoms with van der Waals surface area (Å²) in [5.41, 5.74) is -0.0598. The first-order valence-electron chi connectivity index (χ1n) is 4.76. The molecule has 0 saturated heterocycles. The minimum atomic E-state index is -2.53. The van der Waals surface area contributed by atoms with Crippen LogP contribution in [0.4, 0.5) is 8.78 Å². The molecule has 0 spiro atoms. The second-order valence-electron chi connectivity index (χ2n) is 4.18. The zero-order valence-electron chi connectivity index (χ0n) is 8.31. The fraction of sp³-hybridized carbons (Fsp3) is 0.333. The van der Waals surface area contributed by atoms with Crippen molar-refractivity contribution in [2.75, 3.05) is 0 Å². The van der Waals surface area contributed by atoms with Crippen molar-refractivity contribution in [1.82, 2.24) is 0 Å². The summed E-state index contributed by atoms with van der Waals surface area (Å²) in [6.45, 7) is 1.57. The summed E-state index contributed by atoms with van der Waals surface area (Å²) >= 11 is 5.72. The highest BCUT2D eigenvalue weighted by atomic mass is 35.5. The van der Waals surface area contributed by atoms with Crippen LogP contribution in [0, 0.1) is 5.41 Å². The van der Waals surface area contributed by atoms with E-state index in [9.17, 15) is 8.78 Å². The number of benzene rings is 1. The van der Waals surface area contributed by atoms with Crippen LogP contribution in [0.1, 0.15) is 18.9 Å². The molecule has 1 aliphatic carbocycles. The Kier molecular flexibility index (Phi) is 2.34. The molecule has 0 aliphatic heterocycles. The first-order valence-corrected chi connectivity index (χ1v) is 5.13. The number of allylic oxidation sites excluding steroid dienone is 1. The number of hydrogen-bond donors (Lipinski definition) is 0. The number of hydrogen-bond acceptors (Lipinski definition) is 0. The number of rotatable bonds is 2. The second kappa shape index (κ2) is 3.31. The van der Waals surface area contributed by atoms with Crippen molar-refractivity contribution in [2.45, 2.75) is 19.3 Å². The van der Waals surface area contributed by atoms with Crippen molar-refractivity contribution in [2.24, 2.45) is 5.41 Å². The Hall–Kier alpha value is -0.890. The van der Waals surface area contributed by atoms with E-state index in [1.54, 1.807) is 31.2 Å². The van der Waals surface area contributed by atoms with E-state index in [1.807, 2.05) is 12.1 Å². The van der Waals surface area contributed by atoms with Crippen molar-refractivity contribution in [1.29, 1.82) is 0 Å². The molecule has 15 heavy (non-hydrogen) atoms. The molecule has 0 aromatic heterocycles. The van der Waals surface area contributed by atoms with Crippen LogP contribution in [0.2, 0.25) is 5.02 Å². The molecule has 1 fully saturated rings. The van der Waals surface area contributed by atoms with Crippen LogP contribution < -0.4 is 0 Å². The first-order chi connectivity index (χ1) is 6.93. The van der Waals surface area contributed by atoms with Crippen LogP contribution >= 0.6 is 11.6 Å². The van der Waals surface area contributed by atoms with Gasteiger partial charge in [0.25, 0.3) is 5.92 Å². The molecule has 0 radical (unpaired) electrons. The van der Waals surface area contributed by atoms with Gasteiger partial charge < -0.3 is 0 Å². The van der Waals surface area contributed by atoms with Gasteiger partial charge in [-0.25, -0.2) is 8.78 Å². The van der Waals surface area contributed by atoms with Crippen molar-refractivity contribution >= 4 is 17.7 Å². The fourth-order valence-corrected chi connectivity index (χ4v) is 1.58.